The number of esters is 1. The summed E-state index contributed by atoms with van der Waals surface area (Å²) in [4.78, 5) is 60.9. The first-order valence-electron chi connectivity index (χ1n) is 15.1. The van der Waals surface area contributed by atoms with E-state index in [0.29, 0.717) is 37.0 Å². The largest absolute Gasteiger partial charge is 0.480 e. The normalized spacial score (nSPS) is 34.3. The summed E-state index contributed by atoms with van der Waals surface area (Å²) in [7, 11) is 0. The van der Waals surface area contributed by atoms with E-state index in [1.807, 2.05) is 13.0 Å². The van der Waals surface area contributed by atoms with E-state index in [1.54, 1.807) is 0 Å². The second-order valence-corrected chi connectivity index (χ2v) is 13.0. The van der Waals surface area contributed by atoms with Crippen LogP contribution in [0.4, 0.5) is 0 Å². The lowest BCUT2D eigenvalue weighted by molar-refractivity contribution is -0.160. The van der Waals surface area contributed by atoms with Crippen LogP contribution in [0.5, 0.6) is 0 Å². The van der Waals surface area contributed by atoms with E-state index < -0.39 is 35.8 Å². The second-order valence-electron chi connectivity index (χ2n) is 13.0. The second kappa shape index (κ2) is 12.0. The van der Waals surface area contributed by atoms with Crippen molar-refractivity contribution in [1.82, 2.24) is 10.6 Å². The summed E-state index contributed by atoms with van der Waals surface area (Å²) in [6.07, 6.45) is 10.1. The quantitative estimate of drug-likeness (QED) is 0.343. The molecular weight excluding hydrogens is 512 g/mol. The van der Waals surface area contributed by atoms with Crippen LogP contribution < -0.4 is 10.6 Å². The number of hydrogen-bond acceptors (Lipinski definition) is 6. The Hall–Kier alpha value is -2.71. The maximum absolute atomic E-state index is 12.8. The molecule has 9 nitrogen and oxygen atoms in total. The zero-order valence-electron chi connectivity index (χ0n) is 24.4. The van der Waals surface area contributed by atoms with Gasteiger partial charge >= 0.3 is 11.9 Å². The Kier molecular flexibility index (Phi) is 9.10. The van der Waals surface area contributed by atoms with Gasteiger partial charge in [-0.1, -0.05) is 32.8 Å². The monoisotopic (exact) mass is 558 g/mol. The van der Waals surface area contributed by atoms with Crippen molar-refractivity contribution in [3.63, 3.8) is 0 Å². The third-order valence-electron chi connectivity index (χ3n) is 10.7. The van der Waals surface area contributed by atoms with Crippen LogP contribution >= 0.6 is 0 Å². The number of amides is 2. The molecule has 40 heavy (non-hydrogen) atoms. The highest BCUT2D eigenvalue weighted by Gasteiger charge is 2.60. The first kappa shape index (κ1) is 30.3. The summed E-state index contributed by atoms with van der Waals surface area (Å²) in [5.41, 5.74) is 1.38. The molecule has 2 amide bonds. The van der Waals surface area contributed by atoms with Crippen molar-refractivity contribution in [3.05, 3.63) is 11.6 Å². The molecule has 0 spiro atoms. The third-order valence-corrected chi connectivity index (χ3v) is 10.7. The van der Waals surface area contributed by atoms with Gasteiger partial charge in [-0.05, 0) is 87.5 Å². The Morgan fingerprint density at radius 2 is 1.77 bits per heavy atom. The number of carboxylic acids is 1. The van der Waals surface area contributed by atoms with E-state index in [0.717, 1.165) is 44.9 Å². The molecule has 8 atom stereocenters. The summed E-state index contributed by atoms with van der Waals surface area (Å²) in [5, 5.41) is 14.2. The fraction of sp³-hybridized carbons (Fsp3) is 0.774. The fourth-order valence-electron chi connectivity index (χ4n) is 8.36. The van der Waals surface area contributed by atoms with E-state index in [9.17, 15) is 29.1 Å². The molecular formula is C31H46N2O7. The van der Waals surface area contributed by atoms with E-state index in [4.69, 9.17) is 4.74 Å². The lowest BCUT2D eigenvalue weighted by Crippen LogP contribution is -2.51. The molecule has 0 aromatic heterocycles. The van der Waals surface area contributed by atoms with Crippen LogP contribution in [0, 0.1) is 28.6 Å². The summed E-state index contributed by atoms with van der Waals surface area (Å²) in [5.74, 6) is -0.633. The van der Waals surface area contributed by atoms with Gasteiger partial charge in [0.2, 0.25) is 11.8 Å². The van der Waals surface area contributed by atoms with Crippen LogP contribution in [0.25, 0.3) is 0 Å². The molecule has 0 aromatic carbocycles. The van der Waals surface area contributed by atoms with Gasteiger partial charge in [-0.15, -0.1) is 0 Å². The average Bonchev–Trinajstić information content (AvgIpc) is 3.23. The SMILES string of the molecule is CCC[C@H](NC(=O)[C@@H](C)NC(=O)CCC(=O)O[C@H]1CC[C@H]2[C@@H]3CCC4=CC(=O)CC[C@]4(C)[C@H]3CC[C@]12C)C(=O)O. The molecule has 3 N–H and O–H groups in total. The molecule has 0 radical (unpaired) electrons. The minimum Gasteiger partial charge on any atom is -0.480 e. The first-order valence-corrected chi connectivity index (χ1v) is 15.1. The standard InChI is InChI=1S/C31H46N2O7/c1-5-6-24(29(38)39)33-28(37)18(2)32-26(35)11-12-27(36)40-25-10-9-22-21-8-7-19-17-20(34)13-15-30(19,3)23(21)14-16-31(22,25)4/h17-18,21-25H,5-16H2,1-4H3,(H,32,35)(H,33,37)(H,38,39)/t18-,21+,22+,23+,24+,25+,30+,31+/m1/s1. The molecule has 0 bridgehead atoms. The van der Waals surface area contributed by atoms with Gasteiger partial charge < -0.3 is 20.5 Å². The smallest absolute Gasteiger partial charge is 0.326 e. The zero-order valence-corrected chi connectivity index (χ0v) is 24.4. The Morgan fingerprint density at radius 1 is 1.02 bits per heavy atom. The van der Waals surface area contributed by atoms with Gasteiger partial charge in [0.1, 0.15) is 18.2 Å². The Morgan fingerprint density at radius 3 is 2.48 bits per heavy atom. The van der Waals surface area contributed by atoms with Crippen molar-refractivity contribution in [2.24, 2.45) is 28.6 Å². The lowest BCUT2D eigenvalue weighted by atomic mass is 9.47. The Balaban J connectivity index is 1.27. The van der Waals surface area contributed by atoms with Crippen molar-refractivity contribution in [3.8, 4) is 0 Å². The predicted octanol–water partition coefficient (Wildman–Crippen LogP) is 4.08. The number of carbonyl (C=O) groups is 5. The lowest BCUT2D eigenvalue weighted by Gasteiger charge is -2.57. The topological polar surface area (TPSA) is 139 Å². The van der Waals surface area contributed by atoms with Crippen LogP contribution in [0.3, 0.4) is 0 Å². The number of aliphatic carboxylic acids is 1. The summed E-state index contributed by atoms with van der Waals surface area (Å²) in [6, 6.07) is -1.91. The van der Waals surface area contributed by atoms with Crippen molar-refractivity contribution in [2.45, 2.75) is 123 Å². The molecule has 3 saturated carbocycles. The molecule has 4 aliphatic carbocycles. The molecule has 3 fully saturated rings. The maximum Gasteiger partial charge on any atom is 0.326 e. The number of carbonyl (C=O) groups excluding carboxylic acids is 4. The number of hydrogen-bond donors (Lipinski definition) is 3. The third kappa shape index (κ3) is 5.98. The molecule has 0 saturated heterocycles. The number of carboxylic acid groups (broad SMARTS) is 1. The van der Waals surface area contributed by atoms with Gasteiger partial charge in [-0.25, -0.2) is 4.79 Å². The van der Waals surface area contributed by atoms with Crippen LogP contribution in [0.15, 0.2) is 11.6 Å². The summed E-state index contributed by atoms with van der Waals surface area (Å²) < 4.78 is 6.00. The Bertz CT molecular complexity index is 1070. The van der Waals surface area contributed by atoms with E-state index in [-0.39, 0.29) is 35.6 Å². The highest BCUT2D eigenvalue weighted by molar-refractivity contribution is 5.92. The van der Waals surface area contributed by atoms with Crippen LogP contribution in [0.1, 0.15) is 105 Å². The Labute approximate surface area is 237 Å². The molecule has 0 heterocycles. The number of fused-ring (bicyclic) bond motifs is 5. The maximum atomic E-state index is 12.8. The van der Waals surface area contributed by atoms with E-state index in [1.165, 1.54) is 12.5 Å². The molecule has 222 valence electrons. The molecule has 0 aliphatic heterocycles. The minimum atomic E-state index is -1.11. The highest BCUT2D eigenvalue weighted by atomic mass is 16.5. The predicted molar refractivity (Wildman–Crippen MR) is 148 cm³/mol. The van der Waals surface area contributed by atoms with Crippen LogP contribution in [-0.4, -0.2) is 52.8 Å². The van der Waals surface area contributed by atoms with E-state index >= 15 is 0 Å². The van der Waals surface area contributed by atoms with Crippen LogP contribution in [-0.2, 0) is 28.7 Å². The van der Waals surface area contributed by atoms with Gasteiger partial charge in [0.25, 0.3) is 0 Å². The van der Waals surface area contributed by atoms with Gasteiger partial charge in [0.15, 0.2) is 5.78 Å². The number of rotatable bonds is 10. The number of ether oxygens (including phenoxy) is 1. The molecule has 0 unspecified atom stereocenters. The fourth-order valence-corrected chi connectivity index (χ4v) is 8.36. The molecule has 9 heteroatoms. The van der Waals surface area contributed by atoms with Gasteiger partial charge in [0, 0.05) is 18.3 Å². The van der Waals surface area contributed by atoms with Crippen molar-refractivity contribution in [1.29, 1.82) is 0 Å². The molecule has 4 rings (SSSR count). The van der Waals surface area contributed by atoms with Crippen molar-refractivity contribution < 1.29 is 33.8 Å². The van der Waals surface area contributed by atoms with Gasteiger partial charge in [0.05, 0.1) is 6.42 Å². The zero-order chi connectivity index (χ0) is 29.2. The van der Waals surface area contributed by atoms with Crippen molar-refractivity contribution >= 4 is 29.5 Å². The molecule has 0 aromatic rings. The van der Waals surface area contributed by atoms with Gasteiger partial charge in [-0.2, -0.15) is 0 Å². The van der Waals surface area contributed by atoms with Gasteiger partial charge in [-0.3, -0.25) is 19.2 Å². The summed E-state index contributed by atoms with van der Waals surface area (Å²) in [6.45, 7) is 7.95. The average molecular weight is 559 g/mol. The first-order chi connectivity index (χ1) is 18.9. The summed E-state index contributed by atoms with van der Waals surface area (Å²) >= 11 is 0. The van der Waals surface area contributed by atoms with Crippen LogP contribution in [0.2, 0.25) is 0 Å². The van der Waals surface area contributed by atoms with Crippen molar-refractivity contribution in [2.75, 3.05) is 0 Å². The molecule has 4 aliphatic rings. The van der Waals surface area contributed by atoms with E-state index in [2.05, 4.69) is 24.5 Å². The number of ketones is 1. The number of allylic oxidation sites excluding steroid dienone is 1. The highest BCUT2D eigenvalue weighted by Crippen LogP contribution is 2.65. The number of nitrogens with one attached hydrogen (secondary N) is 2. The minimum absolute atomic E-state index is 0.0721.